The average molecular weight is 410 g/mol. The van der Waals surface area contributed by atoms with Crippen molar-refractivity contribution in [2.24, 2.45) is 5.41 Å². The first-order chi connectivity index (χ1) is 13.8. The number of hydrogen-bond acceptors (Lipinski definition) is 7. The van der Waals surface area contributed by atoms with E-state index in [4.69, 9.17) is 19.7 Å². The van der Waals surface area contributed by atoms with Crippen LogP contribution >= 0.6 is 0 Å². The molecule has 0 saturated carbocycles. The van der Waals surface area contributed by atoms with E-state index in [0.717, 1.165) is 30.8 Å². The van der Waals surface area contributed by atoms with E-state index >= 15 is 0 Å². The Morgan fingerprint density at radius 1 is 1.21 bits per heavy atom. The summed E-state index contributed by atoms with van der Waals surface area (Å²) in [5.74, 6) is 0.583. The smallest absolute Gasteiger partial charge is 0.323 e. The molecule has 7 heteroatoms. The molecule has 1 aliphatic heterocycles. The van der Waals surface area contributed by atoms with Crippen molar-refractivity contribution in [3.63, 3.8) is 0 Å². The molecule has 0 aromatic heterocycles. The number of nitrogens with zero attached hydrogens (tertiary/aromatic N) is 1. The number of benzene rings is 1. The van der Waals surface area contributed by atoms with Crippen LogP contribution in [0, 0.1) is 5.41 Å². The van der Waals surface area contributed by atoms with Gasteiger partial charge in [0.2, 0.25) is 0 Å². The van der Waals surface area contributed by atoms with Gasteiger partial charge < -0.3 is 19.7 Å². The number of ether oxygens (including phenoxy) is 2. The predicted molar refractivity (Wildman–Crippen MR) is 111 cm³/mol. The summed E-state index contributed by atoms with van der Waals surface area (Å²) in [6.45, 7) is 7.39. The summed E-state index contributed by atoms with van der Waals surface area (Å²) in [5.41, 5.74) is 0.742. The number of Topliss-reactive ketones (excluding diaryl/α,β-unsaturated/α-hetero) is 1. The second kappa shape index (κ2) is 12.6. The lowest BCUT2D eigenvalue weighted by atomic mass is 9.97. The predicted octanol–water partition coefficient (Wildman–Crippen LogP) is 2.18. The third-order valence-corrected chi connectivity index (χ3v) is 4.65. The van der Waals surface area contributed by atoms with Crippen LogP contribution in [0.3, 0.4) is 0 Å². The van der Waals surface area contributed by atoms with Crippen molar-refractivity contribution >= 4 is 11.8 Å². The van der Waals surface area contributed by atoms with Crippen LogP contribution in [0.4, 0.5) is 0 Å². The van der Waals surface area contributed by atoms with Gasteiger partial charge in [-0.2, -0.15) is 0 Å². The molecular formula is C22H35NO6. The van der Waals surface area contributed by atoms with Crippen molar-refractivity contribution in [1.82, 2.24) is 4.90 Å². The Labute approximate surface area is 173 Å². The van der Waals surface area contributed by atoms with Gasteiger partial charge in [0.1, 0.15) is 17.6 Å². The number of likely N-dealkylation sites (tertiary alicyclic amines) is 1. The van der Waals surface area contributed by atoms with Crippen LogP contribution in [0.15, 0.2) is 24.3 Å². The summed E-state index contributed by atoms with van der Waals surface area (Å²) in [5, 5.41) is 16.9. The van der Waals surface area contributed by atoms with Crippen molar-refractivity contribution < 1.29 is 29.3 Å². The first-order valence-electron chi connectivity index (χ1n) is 10.0. The van der Waals surface area contributed by atoms with Gasteiger partial charge in [-0.1, -0.05) is 39.3 Å². The molecule has 0 unspecified atom stereocenters. The number of esters is 1. The fourth-order valence-electron chi connectivity index (χ4n) is 2.59. The van der Waals surface area contributed by atoms with E-state index < -0.39 is 6.04 Å². The standard InChI is InChI=1S/C17H23NO4.C5H12O2/c1-3-4-9-22-15-7-5-13(6-8-15)11-18-12-14(19)10-16(18)17(20)21-2;1-5(2,3-6)4-7/h5-8,16H,3-4,9-12H2,1-2H3;6-7H,3-4H2,1-2H3/t16-;/m1./s1. The molecule has 1 aromatic rings. The molecule has 1 heterocycles. The van der Waals surface area contributed by atoms with Crippen LogP contribution < -0.4 is 4.74 Å². The molecule has 1 aromatic carbocycles. The molecule has 0 radical (unpaired) electrons. The van der Waals surface area contributed by atoms with E-state index in [2.05, 4.69) is 6.92 Å². The second-order valence-corrected chi connectivity index (χ2v) is 8.01. The lowest BCUT2D eigenvalue weighted by Crippen LogP contribution is -2.36. The summed E-state index contributed by atoms with van der Waals surface area (Å²) in [6.07, 6.45) is 2.39. The SMILES string of the molecule is CC(C)(CO)CO.CCCCOc1ccc(CN2CC(=O)C[C@@H]2C(=O)OC)cc1. The van der Waals surface area contributed by atoms with Crippen LogP contribution in [0.1, 0.15) is 45.6 Å². The van der Waals surface area contributed by atoms with Gasteiger partial charge in [-0.3, -0.25) is 14.5 Å². The van der Waals surface area contributed by atoms with E-state index in [1.54, 1.807) is 13.8 Å². The van der Waals surface area contributed by atoms with Gasteiger partial charge in [-0.25, -0.2) is 0 Å². The van der Waals surface area contributed by atoms with Crippen LogP contribution in [-0.4, -0.2) is 66.4 Å². The summed E-state index contributed by atoms with van der Waals surface area (Å²) < 4.78 is 10.4. The number of aliphatic hydroxyl groups excluding tert-OH is 2. The average Bonchev–Trinajstić information content (AvgIpc) is 3.09. The third-order valence-electron chi connectivity index (χ3n) is 4.65. The number of unbranched alkanes of at least 4 members (excludes halogenated alkanes) is 1. The molecule has 0 aliphatic carbocycles. The summed E-state index contributed by atoms with van der Waals surface area (Å²) >= 11 is 0. The maximum atomic E-state index is 11.7. The Morgan fingerprint density at radius 3 is 2.31 bits per heavy atom. The Bertz CT molecular complexity index is 623. The largest absolute Gasteiger partial charge is 0.494 e. The van der Waals surface area contributed by atoms with Crippen LogP contribution in [0.5, 0.6) is 5.75 Å². The van der Waals surface area contributed by atoms with Crippen molar-refractivity contribution in [3.05, 3.63) is 29.8 Å². The number of carbonyl (C=O) groups excluding carboxylic acids is 2. The summed E-state index contributed by atoms with van der Waals surface area (Å²) in [7, 11) is 1.35. The van der Waals surface area contributed by atoms with Gasteiger partial charge in [0, 0.05) is 18.4 Å². The Balaban J connectivity index is 0.000000516. The topological polar surface area (TPSA) is 96.3 Å². The normalized spacial score (nSPS) is 16.9. The molecule has 0 amide bonds. The molecule has 29 heavy (non-hydrogen) atoms. The van der Waals surface area contributed by atoms with Crippen molar-refractivity contribution in [2.75, 3.05) is 33.5 Å². The first-order valence-corrected chi connectivity index (χ1v) is 10.0. The van der Waals surface area contributed by atoms with Gasteiger partial charge in [0.25, 0.3) is 0 Å². The van der Waals surface area contributed by atoms with Crippen molar-refractivity contribution in [3.8, 4) is 5.75 Å². The van der Waals surface area contributed by atoms with E-state index in [0.29, 0.717) is 13.1 Å². The first kappa shape index (κ1) is 25.1. The van der Waals surface area contributed by atoms with Crippen molar-refractivity contribution in [1.29, 1.82) is 0 Å². The number of carbonyl (C=O) groups is 2. The molecule has 0 bridgehead atoms. The highest BCUT2D eigenvalue weighted by atomic mass is 16.5. The monoisotopic (exact) mass is 409 g/mol. The van der Waals surface area contributed by atoms with E-state index in [-0.39, 0.29) is 36.8 Å². The molecule has 1 atom stereocenters. The second-order valence-electron chi connectivity index (χ2n) is 8.01. The van der Waals surface area contributed by atoms with E-state index in [9.17, 15) is 9.59 Å². The van der Waals surface area contributed by atoms with Gasteiger partial charge in [-0.15, -0.1) is 0 Å². The fraction of sp³-hybridized carbons (Fsp3) is 0.636. The minimum Gasteiger partial charge on any atom is -0.494 e. The van der Waals surface area contributed by atoms with Crippen LogP contribution in [-0.2, 0) is 20.9 Å². The molecule has 1 fully saturated rings. The van der Waals surface area contributed by atoms with Crippen LogP contribution in [0.25, 0.3) is 0 Å². The molecule has 164 valence electrons. The lowest BCUT2D eigenvalue weighted by molar-refractivity contribution is -0.146. The minimum atomic E-state index is -0.460. The number of methoxy groups -OCH3 is 1. The molecule has 7 nitrogen and oxygen atoms in total. The van der Waals surface area contributed by atoms with Gasteiger partial charge in [0.15, 0.2) is 0 Å². The molecular weight excluding hydrogens is 374 g/mol. The number of ketones is 1. The zero-order valence-corrected chi connectivity index (χ0v) is 18.0. The van der Waals surface area contributed by atoms with E-state index in [1.165, 1.54) is 7.11 Å². The molecule has 2 N–H and O–H groups in total. The molecule has 0 spiro atoms. The minimum absolute atomic E-state index is 0.0451. The maximum absolute atomic E-state index is 11.7. The highest BCUT2D eigenvalue weighted by molar-refractivity contribution is 5.91. The molecule has 1 saturated heterocycles. The Kier molecular flexibility index (Phi) is 10.9. The molecule has 2 rings (SSSR count). The van der Waals surface area contributed by atoms with Gasteiger partial charge >= 0.3 is 5.97 Å². The van der Waals surface area contributed by atoms with Gasteiger partial charge in [0.05, 0.1) is 33.5 Å². The number of rotatable bonds is 9. The highest BCUT2D eigenvalue weighted by Gasteiger charge is 2.36. The zero-order valence-electron chi connectivity index (χ0n) is 18.0. The van der Waals surface area contributed by atoms with Gasteiger partial charge in [-0.05, 0) is 24.1 Å². The van der Waals surface area contributed by atoms with Crippen molar-refractivity contribution in [2.45, 2.75) is 52.6 Å². The number of aliphatic hydroxyl groups is 2. The number of hydrogen-bond donors (Lipinski definition) is 2. The summed E-state index contributed by atoms with van der Waals surface area (Å²) in [4.78, 5) is 25.2. The fourth-order valence-corrected chi connectivity index (χ4v) is 2.59. The summed E-state index contributed by atoms with van der Waals surface area (Å²) in [6, 6.07) is 7.33. The highest BCUT2D eigenvalue weighted by Crippen LogP contribution is 2.20. The Morgan fingerprint density at radius 2 is 1.83 bits per heavy atom. The quantitative estimate of drug-likeness (QED) is 0.477. The van der Waals surface area contributed by atoms with E-state index in [1.807, 2.05) is 29.2 Å². The van der Waals surface area contributed by atoms with Crippen LogP contribution in [0.2, 0.25) is 0 Å². The maximum Gasteiger partial charge on any atom is 0.323 e. The molecule has 1 aliphatic rings. The lowest BCUT2D eigenvalue weighted by Gasteiger charge is -2.21. The Hall–Kier alpha value is -1.96. The zero-order chi connectivity index (χ0) is 21.9. The third kappa shape index (κ3) is 8.94.